The highest BCUT2D eigenvalue weighted by atomic mass is 16.5. The first kappa shape index (κ1) is 23.7. The molecule has 1 aliphatic rings. The molecule has 9 heteroatoms. The van der Waals surface area contributed by atoms with Crippen molar-refractivity contribution in [2.24, 2.45) is 18.9 Å². The molecule has 3 aromatic heterocycles. The number of nitrogens with zero attached hydrogens (tertiary/aromatic N) is 4. The number of carbonyl (C=O) groups excluding carboxylic acids is 2. The number of aryl methyl sites for hydroxylation is 3. The number of amides is 2. The van der Waals surface area contributed by atoms with Crippen molar-refractivity contribution in [2.75, 3.05) is 5.32 Å². The van der Waals surface area contributed by atoms with Gasteiger partial charge in [-0.3, -0.25) is 19.3 Å². The number of nitrogens with one attached hydrogen (secondary N) is 2. The lowest BCUT2D eigenvalue weighted by Crippen LogP contribution is -2.49. The lowest BCUT2D eigenvalue weighted by Gasteiger charge is -2.32. The summed E-state index contributed by atoms with van der Waals surface area (Å²) in [6, 6.07) is 3.03. The van der Waals surface area contributed by atoms with E-state index in [2.05, 4.69) is 32.8 Å². The van der Waals surface area contributed by atoms with Crippen LogP contribution in [-0.4, -0.2) is 37.8 Å². The van der Waals surface area contributed by atoms with Crippen molar-refractivity contribution in [3.63, 3.8) is 0 Å². The van der Waals surface area contributed by atoms with Gasteiger partial charge < -0.3 is 15.2 Å². The molecular weight excluding hydrogens is 432 g/mol. The number of hydrogen-bond acceptors (Lipinski definition) is 6. The minimum absolute atomic E-state index is 0.0643. The second-order valence-corrected chi connectivity index (χ2v) is 9.22. The van der Waals surface area contributed by atoms with E-state index in [0.29, 0.717) is 29.3 Å². The number of hydrogen-bond donors (Lipinski definition) is 2. The van der Waals surface area contributed by atoms with E-state index >= 15 is 0 Å². The molecule has 0 spiro atoms. The van der Waals surface area contributed by atoms with Gasteiger partial charge in [0.1, 0.15) is 17.9 Å². The molecule has 0 saturated heterocycles. The van der Waals surface area contributed by atoms with Gasteiger partial charge in [-0.15, -0.1) is 0 Å². The molecule has 1 fully saturated rings. The largest absolute Gasteiger partial charge is 0.364 e. The van der Waals surface area contributed by atoms with Crippen molar-refractivity contribution in [3.8, 4) is 11.4 Å². The molecule has 1 saturated carbocycles. The van der Waals surface area contributed by atoms with Gasteiger partial charge in [0.15, 0.2) is 0 Å². The summed E-state index contributed by atoms with van der Waals surface area (Å²) in [4.78, 5) is 30.9. The summed E-state index contributed by atoms with van der Waals surface area (Å²) in [5.74, 6) is 0.118. The standard InChI is InChI=1S/C25H32N6O3/c1-5-20-19(14-34-30-20)24(32)29-22(17-8-6-15(2)7-9-17)25(33)28-18-10-11-21(26-13-18)23-16(3)12-27-31(23)4/h10-15,17,22H,5-9H2,1-4H3,(H,28,33)(H,29,32). The van der Waals surface area contributed by atoms with E-state index in [1.807, 2.05) is 33.0 Å². The van der Waals surface area contributed by atoms with Crippen LogP contribution in [0.15, 0.2) is 35.3 Å². The third kappa shape index (κ3) is 5.03. The van der Waals surface area contributed by atoms with Crippen molar-refractivity contribution in [3.05, 3.63) is 47.6 Å². The van der Waals surface area contributed by atoms with Crippen LogP contribution in [0.25, 0.3) is 11.4 Å². The third-order valence-corrected chi connectivity index (χ3v) is 6.72. The maximum Gasteiger partial charge on any atom is 0.257 e. The van der Waals surface area contributed by atoms with Crippen LogP contribution in [0.2, 0.25) is 0 Å². The van der Waals surface area contributed by atoms with Gasteiger partial charge in [-0.2, -0.15) is 5.10 Å². The number of carbonyl (C=O) groups is 2. The van der Waals surface area contributed by atoms with Crippen molar-refractivity contribution in [2.45, 2.75) is 58.9 Å². The van der Waals surface area contributed by atoms with Crippen LogP contribution in [0, 0.1) is 18.8 Å². The molecule has 2 amide bonds. The predicted molar refractivity (Wildman–Crippen MR) is 128 cm³/mol. The summed E-state index contributed by atoms with van der Waals surface area (Å²) in [5.41, 5.74) is 4.28. The van der Waals surface area contributed by atoms with Crippen LogP contribution in [0.1, 0.15) is 61.1 Å². The topological polar surface area (TPSA) is 115 Å². The Kier molecular flexibility index (Phi) is 7.09. The molecule has 3 heterocycles. The van der Waals surface area contributed by atoms with Crippen molar-refractivity contribution in [1.82, 2.24) is 25.2 Å². The summed E-state index contributed by atoms with van der Waals surface area (Å²) in [6.07, 6.45) is 9.21. The summed E-state index contributed by atoms with van der Waals surface area (Å²) < 4.78 is 6.77. The molecule has 3 aromatic rings. The molecule has 4 rings (SSSR count). The normalized spacial score (nSPS) is 18.9. The molecule has 34 heavy (non-hydrogen) atoms. The maximum atomic E-state index is 13.4. The molecule has 180 valence electrons. The molecule has 0 bridgehead atoms. The highest BCUT2D eigenvalue weighted by Gasteiger charge is 2.33. The van der Waals surface area contributed by atoms with Crippen LogP contribution in [-0.2, 0) is 18.3 Å². The van der Waals surface area contributed by atoms with E-state index < -0.39 is 6.04 Å². The second-order valence-electron chi connectivity index (χ2n) is 9.22. The second kappa shape index (κ2) is 10.2. The maximum absolute atomic E-state index is 13.4. The Hall–Kier alpha value is -3.49. The van der Waals surface area contributed by atoms with Gasteiger partial charge >= 0.3 is 0 Å². The molecule has 0 aliphatic heterocycles. The van der Waals surface area contributed by atoms with Gasteiger partial charge in [0.25, 0.3) is 5.91 Å². The molecule has 9 nitrogen and oxygen atoms in total. The lowest BCUT2D eigenvalue weighted by molar-refractivity contribution is -0.119. The van der Waals surface area contributed by atoms with Crippen LogP contribution >= 0.6 is 0 Å². The summed E-state index contributed by atoms with van der Waals surface area (Å²) in [7, 11) is 1.87. The predicted octanol–water partition coefficient (Wildman–Crippen LogP) is 3.90. The van der Waals surface area contributed by atoms with Gasteiger partial charge in [-0.05, 0) is 55.7 Å². The van der Waals surface area contributed by atoms with Crippen LogP contribution in [0.4, 0.5) is 5.69 Å². The van der Waals surface area contributed by atoms with E-state index in [1.165, 1.54) is 6.26 Å². The van der Waals surface area contributed by atoms with Crippen LogP contribution < -0.4 is 10.6 Å². The first-order chi connectivity index (χ1) is 16.4. The van der Waals surface area contributed by atoms with E-state index in [1.54, 1.807) is 17.1 Å². The van der Waals surface area contributed by atoms with Gasteiger partial charge in [0.05, 0.1) is 35.2 Å². The SMILES string of the molecule is CCc1nocc1C(=O)NC(C(=O)Nc1ccc(-c2c(C)cnn2C)nc1)C1CCC(C)CC1. The number of pyridine rings is 1. The Balaban J connectivity index is 1.51. The van der Waals surface area contributed by atoms with Crippen molar-refractivity contribution >= 4 is 17.5 Å². The minimum atomic E-state index is -0.654. The molecule has 1 aliphatic carbocycles. The van der Waals surface area contributed by atoms with E-state index in [-0.39, 0.29) is 17.7 Å². The Morgan fingerprint density at radius 3 is 2.59 bits per heavy atom. The molecule has 2 N–H and O–H groups in total. The quantitative estimate of drug-likeness (QED) is 0.548. The lowest BCUT2D eigenvalue weighted by atomic mass is 9.79. The number of anilines is 1. The summed E-state index contributed by atoms with van der Waals surface area (Å²) >= 11 is 0. The number of rotatable bonds is 7. The average molecular weight is 465 g/mol. The highest BCUT2D eigenvalue weighted by Crippen LogP contribution is 2.31. The molecular formula is C25H32N6O3. The van der Waals surface area contributed by atoms with E-state index in [0.717, 1.165) is 42.6 Å². The summed E-state index contributed by atoms with van der Waals surface area (Å²) in [6.45, 7) is 6.12. The number of aromatic nitrogens is 4. The van der Waals surface area contributed by atoms with Crippen LogP contribution in [0.5, 0.6) is 0 Å². The van der Waals surface area contributed by atoms with Crippen LogP contribution in [0.3, 0.4) is 0 Å². The summed E-state index contributed by atoms with van der Waals surface area (Å²) in [5, 5.41) is 14.1. The van der Waals surface area contributed by atoms with Gasteiger partial charge in [0, 0.05) is 7.05 Å². The molecule has 1 atom stereocenters. The zero-order chi connectivity index (χ0) is 24.2. The first-order valence-electron chi connectivity index (χ1n) is 11.9. The Morgan fingerprint density at radius 2 is 1.97 bits per heavy atom. The molecule has 1 unspecified atom stereocenters. The Bertz CT molecular complexity index is 1120. The van der Waals surface area contributed by atoms with Crippen molar-refractivity contribution < 1.29 is 14.1 Å². The average Bonchev–Trinajstić information content (AvgIpc) is 3.45. The fourth-order valence-electron chi connectivity index (χ4n) is 4.68. The third-order valence-electron chi connectivity index (χ3n) is 6.72. The smallest absolute Gasteiger partial charge is 0.257 e. The molecule has 0 radical (unpaired) electrons. The van der Waals surface area contributed by atoms with Gasteiger partial charge in [-0.1, -0.05) is 31.8 Å². The Labute approximate surface area is 199 Å². The Morgan fingerprint density at radius 1 is 1.21 bits per heavy atom. The van der Waals surface area contributed by atoms with E-state index in [4.69, 9.17) is 4.52 Å². The monoisotopic (exact) mass is 464 g/mol. The fraction of sp³-hybridized carbons (Fsp3) is 0.480. The van der Waals surface area contributed by atoms with Gasteiger partial charge in [-0.25, -0.2) is 0 Å². The fourth-order valence-corrected chi connectivity index (χ4v) is 4.68. The highest BCUT2D eigenvalue weighted by molar-refractivity contribution is 6.01. The van der Waals surface area contributed by atoms with Gasteiger partial charge in [0.2, 0.25) is 5.91 Å². The zero-order valence-electron chi connectivity index (χ0n) is 20.2. The minimum Gasteiger partial charge on any atom is -0.364 e. The zero-order valence-corrected chi connectivity index (χ0v) is 20.2. The molecule has 0 aromatic carbocycles. The van der Waals surface area contributed by atoms with Crippen molar-refractivity contribution in [1.29, 1.82) is 0 Å². The van der Waals surface area contributed by atoms with E-state index in [9.17, 15) is 9.59 Å². The first-order valence-corrected chi connectivity index (χ1v) is 11.9.